The molecule has 1 fully saturated rings. The van der Waals surface area contributed by atoms with Crippen molar-refractivity contribution in [1.82, 2.24) is 4.98 Å². The first-order chi connectivity index (χ1) is 16.4. The standard InChI is InChI=1S/C19H36O6.C6H6N2O/c1-2-3-4-5-6-7-8-9-10-11-12-13-16(20)24-14-15-17(21)18(22)19(23)25-15;7-6(9)5-2-1-3-8-4-5/h15,17-19,21-23H,2-14H2,1H3;1-4H,(H2,7,9)/t15-,17-,18-,19?;/m1./s1. The summed E-state index contributed by atoms with van der Waals surface area (Å²) in [6.07, 6.45) is 12.0. The van der Waals surface area contributed by atoms with Crippen LogP contribution >= 0.6 is 0 Å². The van der Waals surface area contributed by atoms with Crippen LogP contribution in [0.15, 0.2) is 24.5 Å². The zero-order valence-electron chi connectivity index (χ0n) is 20.3. The van der Waals surface area contributed by atoms with Crippen molar-refractivity contribution in [2.24, 2.45) is 5.73 Å². The van der Waals surface area contributed by atoms with Gasteiger partial charge in [0.1, 0.15) is 24.9 Å². The summed E-state index contributed by atoms with van der Waals surface area (Å²) in [7, 11) is 0. The van der Waals surface area contributed by atoms with E-state index in [1.165, 1.54) is 57.6 Å². The van der Waals surface area contributed by atoms with Crippen LogP contribution in [0.1, 0.15) is 94.3 Å². The van der Waals surface area contributed by atoms with Crippen molar-refractivity contribution in [2.45, 2.75) is 109 Å². The van der Waals surface area contributed by atoms with Gasteiger partial charge in [0, 0.05) is 18.8 Å². The molecule has 4 atom stereocenters. The molecule has 0 bridgehead atoms. The smallest absolute Gasteiger partial charge is 0.305 e. The van der Waals surface area contributed by atoms with Crippen LogP contribution < -0.4 is 5.73 Å². The Labute approximate surface area is 202 Å². The molecule has 34 heavy (non-hydrogen) atoms. The van der Waals surface area contributed by atoms with Crippen molar-refractivity contribution in [3.8, 4) is 0 Å². The number of pyridine rings is 1. The number of carbonyl (C=O) groups is 2. The summed E-state index contributed by atoms with van der Waals surface area (Å²) < 4.78 is 9.96. The minimum Gasteiger partial charge on any atom is -0.463 e. The Morgan fingerprint density at radius 1 is 0.971 bits per heavy atom. The Morgan fingerprint density at radius 3 is 2.00 bits per heavy atom. The monoisotopic (exact) mass is 482 g/mol. The van der Waals surface area contributed by atoms with Crippen molar-refractivity contribution in [3.05, 3.63) is 30.1 Å². The molecule has 0 spiro atoms. The van der Waals surface area contributed by atoms with Crippen molar-refractivity contribution >= 4 is 11.9 Å². The number of hydrogen-bond donors (Lipinski definition) is 4. The fourth-order valence-electron chi connectivity index (χ4n) is 3.56. The van der Waals surface area contributed by atoms with Crippen LogP contribution in [0, 0.1) is 0 Å². The van der Waals surface area contributed by atoms with Crippen molar-refractivity contribution in [3.63, 3.8) is 0 Å². The lowest BCUT2D eigenvalue weighted by Crippen LogP contribution is -2.34. The van der Waals surface area contributed by atoms with Crippen LogP contribution in [0.25, 0.3) is 0 Å². The molecule has 5 N–H and O–H groups in total. The van der Waals surface area contributed by atoms with E-state index < -0.39 is 30.5 Å². The number of esters is 1. The first kappa shape index (κ1) is 30.0. The van der Waals surface area contributed by atoms with Crippen LogP contribution in [0.5, 0.6) is 0 Å². The van der Waals surface area contributed by atoms with Gasteiger partial charge in [0.2, 0.25) is 5.91 Å². The fraction of sp³-hybridized carbons (Fsp3) is 0.720. The highest BCUT2D eigenvalue weighted by Gasteiger charge is 2.42. The quantitative estimate of drug-likeness (QED) is 0.220. The van der Waals surface area contributed by atoms with Crippen molar-refractivity contribution in [1.29, 1.82) is 0 Å². The number of unbranched alkanes of at least 4 members (excludes halogenated alkanes) is 10. The van der Waals surface area contributed by atoms with Crippen LogP contribution in [0.4, 0.5) is 0 Å². The molecule has 1 unspecified atom stereocenters. The van der Waals surface area contributed by atoms with E-state index in [-0.39, 0.29) is 12.6 Å². The Bertz CT molecular complexity index is 674. The third kappa shape index (κ3) is 13.0. The first-order valence-electron chi connectivity index (χ1n) is 12.4. The summed E-state index contributed by atoms with van der Waals surface area (Å²) in [6.45, 7) is 2.09. The molecule has 1 aromatic heterocycles. The molecular weight excluding hydrogens is 440 g/mol. The maximum atomic E-state index is 11.6. The van der Waals surface area contributed by atoms with E-state index in [2.05, 4.69) is 11.9 Å². The Morgan fingerprint density at radius 2 is 1.56 bits per heavy atom. The summed E-state index contributed by atoms with van der Waals surface area (Å²) in [5.74, 6) is -0.772. The molecule has 0 saturated carbocycles. The number of ether oxygens (including phenoxy) is 2. The number of primary amides is 1. The number of hydrogen-bond acceptors (Lipinski definition) is 8. The van der Waals surface area contributed by atoms with Crippen LogP contribution in [-0.2, 0) is 14.3 Å². The van der Waals surface area contributed by atoms with E-state index in [1.54, 1.807) is 18.3 Å². The van der Waals surface area contributed by atoms with Gasteiger partial charge in [-0.2, -0.15) is 0 Å². The van der Waals surface area contributed by atoms with E-state index in [4.69, 9.17) is 15.2 Å². The van der Waals surface area contributed by atoms with Gasteiger partial charge >= 0.3 is 5.97 Å². The summed E-state index contributed by atoms with van der Waals surface area (Å²) in [5.41, 5.74) is 5.38. The van der Waals surface area contributed by atoms with Gasteiger partial charge in [-0.15, -0.1) is 0 Å². The van der Waals surface area contributed by atoms with Gasteiger partial charge in [0.15, 0.2) is 6.29 Å². The molecule has 1 aliphatic heterocycles. The molecule has 0 aliphatic carbocycles. The maximum Gasteiger partial charge on any atom is 0.305 e. The zero-order chi connectivity index (χ0) is 25.2. The minimum absolute atomic E-state index is 0.147. The lowest BCUT2D eigenvalue weighted by atomic mass is 10.1. The number of nitrogens with zero attached hydrogens (tertiary/aromatic N) is 1. The van der Waals surface area contributed by atoms with E-state index in [0.717, 1.165) is 19.3 Å². The van der Waals surface area contributed by atoms with Gasteiger partial charge in [-0.1, -0.05) is 71.1 Å². The molecule has 2 rings (SSSR count). The van der Waals surface area contributed by atoms with Crippen molar-refractivity contribution in [2.75, 3.05) is 6.61 Å². The molecular formula is C25H42N2O7. The number of aromatic nitrogens is 1. The SMILES string of the molecule is CCCCCCCCCCCCCC(=O)OC[C@H]1OC(O)[C@H](O)[C@@H]1O.NC(=O)c1cccnc1. The Hall–Kier alpha value is -2.07. The number of amides is 1. The third-order valence-electron chi connectivity index (χ3n) is 5.68. The molecule has 0 radical (unpaired) electrons. The van der Waals surface area contributed by atoms with E-state index in [1.807, 2.05) is 0 Å². The lowest BCUT2D eigenvalue weighted by Gasteiger charge is -2.14. The minimum atomic E-state index is -1.43. The molecule has 1 aliphatic rings. The Kier molecular flexibility index (Phi) is 16.1. The molecule has 9 nitrogen and oxygen atoms in total. The Balaban J connectivity index is 0.000000533. The fourth-order valence-corrected chi connectivity index (χ4v) is 3.56. The normalized spacial score (nSPS) is 21.5. The van der Waals surface area contributed by atoms with E-state index in [9.17, 15) is 24.9 Å². The molecule has 9 heteroatoms. The molecule has 1 saturated heterocycles. The molecule has 0 aromatic carbocycles. The highest BCUT2D eigenvalue weighted by molar-refractivity contribution is 5.92. The second kappa shape index (κ2) is 18.3. The van der Waals surface area contributed by atoms with Gasteiger partial charge < -0.3 is 30.5 Å². The zero-order valence-corrected chi connectivity index (χ0v) is 20.3. The summed E-state index contributed by atoms with van der Waals surface area (Å²) in [5, 5.41) is 28.2. The van der Waals surface area contributed by atoms with Gasteiger partial charge in [-0.3, -0.25) is 14.6 Å². The largest absolute Gasteiger partial charge is 0.463 e. The number of aliphatic hydroxyl groups excluding tert-OH is 3. The molecule has 2 heterocycles. The first-order valence-corrected chi connectivity index (χ1v) is 12.4. The van der Waals surface area contributed by atoms with Gasteiger partial charge in [-0.25, -0.2) is 0 Å². The number of rotatable bonds is 15. The van der Waals surface area contributed by atoms with Crippen LogP contribution in [0.3, 0.4) is 0 Å². The summed E-state index contributed by atoms with van der Waals surface area (Å²) in [6, 6.07) is 3.29. The van der Waals surface area contributed by atoms with Crippen LogP contribution in [0.2, 0.25) is 0 Å². The summed E-state index contributed by atoms with van der Waals surface area (Å²) >= 11 is 0. The highest BCUT2D eigenvalue weighted by Crippen LogP contribution is 2.20. The van der Waals surface area contributed by atoms with E-state index in [0.29, 0.717) is 12.0 Å². The predicted octanol–water partition coefficient (Wildman–Crippen LogP) is 2.85. The number of carbonyl (C=O) groups excluding carboxylic acids is 2. The average Bonchev–Trinajstić information content (AvgIpc) is 3.08. The van der Waals surface area contributed by atoms with Gasteiger partial charge in [0.05, 0.1) is 5.56 Å². The predicted molar refractivity (Wildman–Crippen MR) is 128 cm³/mol. The van der Waals surface area contributed by atoms with Crippen LogP contribution in [-0.4, -0.2) is 63.4 Å². The number of aliphatic hydroxyl groups is 3. The average molecular weight is 483 g/mol. The molecule has 194 valence electrons. The van der Waals surface area contributed by atoms with E-state index >= 15 is 0 Å². The lowest BCUT2D eigenvalue weighted by molar-refractivity contribution is -0.157. The third-order valence-corrected chi connectivity index (χ3v) is 5.68. The second-order valence-electron chi connectivity index (χ2n) is 8.62. The van der Waals surface area contributed by atoms with Gasteiger partial charge in [-0.05, 0) is 18.6 Å². The second-order valence-corrected chi connectivity index (χ2v) is 8.62. The molecule has 1 aromatic rings. The van der Waals surface area contributed by atoms with Gasteiger partial charge in [0.25, 0.3) is 0 Å². The summed E-state index contributed by atoms with van der Waals surface area (Å²) in [4.78, 5) is 25.7. The topological polar surface area (TPSA) is 152 Å². The highest BCUT2D eigenvalue weighted by atomic mass is 16.7. The van der Waals surface area contributed by atoms with Crippen molar-refractivity contribution < 1.29 is 34.4 Å². The maximum absolute atomic E-state index is 11.6. The number of nitrogens with two attached hydrogens (primary N) is 1. The molecule has 1 amide bonds.